The molecule has 2 saturated carbocycles. The zero-order valence-corrected chi connectivity index (χ0v) is 19.1. The van der Waals surface area contributed by atoms with Gasteiger partial charge in [-0.1, -0.05) is 35.5 Å². The van der Waals surface area contributed by atoms with Crippen molar-refractivity contribution >= 4 is 28.1 Å². The van der Waals surface area contributed by atoms with E-state index in [0.717, 1.165) is 56.2 Å². The number of fused-ring (bicyclic) bond motifs is 5. The van der Waals surface area contributed by atoms with Crippen molar-refractivity contribution in [2.75, 3.05) is 5.32 Å². The van der Waals surface area contributed by atoms with Crippen molar-refractivity contribution in [1.29, 1.82) is 0 Å². The van der Waals surface area contributed by atoms with Crippen molar-refractivity contribution in [1.82, 2.24) is 10.2 Å². The van der Waals surface area contributed by atoms with Crippen LogP contribution in [0.25, 0.3) is 0 Å². The first kappa shape index (κ1) is 21.5. The second kappa shape index (κ2) is 8.54. The molecule has 1 aromatic carbocycles. The maximum Gasteiger partial charge on any atom is 0.226 e. The van der Waals surface area contributed by atoms with Crippen molar-refractivity contribution in [3.63, 3.8) is 0 Å². The number of hydrogen-bond acceptors (Lipinski definition) is 6. The zero-order chi connectivity index (χ0) is 22.3. The van der Waals surface area contributed by atoms with Crippen LogP contribution in [0, 0.1) is 29.0 Å². The molecule has 0 radical (unpaired) electrons. The van der Waals surface area contributed by atoms with E-state index in [4.69, 9.17) is 0 Å². The minimum absolute atomic E-state index is 0.0397. The molecule has 1 aromatic heterocycles. The molecule has 5 rings (SSSR count). The van der Waals surface area contributed by atoms with Crippen molar-refractivity contribution in [2.45, 2.75) is 64.2 Å². The van der Waals surface area contributed by atoms with Gasteiger partial charge in [0.05, 0.1) is 5.71 Å². The Labute approximate surface area is 191 Å². The van der Waals surface area contributed by atoms with E-state index in [1.807, 2.05) is 6.07 Å². The van der Waals surface area contributed by atoms with E-state index in [-0.39, 0.29) is 17.1 Å². The summed E-state index contributed by atoms with van der Waals surface area (Å²) in [4.78, 5) is 12.3. The number of carbonyl (C=O) groups is 1. The van der Waals surface area contributed by atoms with Crippen molar-refractivity contribution in [3.8, 4) is 0 Å². The number of carbonyl (C=O) groups excluding carboxylic acids is 1. The van der Waals surface area contributed by atoms with E-state index in [1.165, 1.54) is 16.9 Å². The molecule has 0 aliphatic heterocycles. The number of benzene rings is 1. The van der Waals surface area contributed by atoms with Gasteiger partial charge in [0.15, 0.2) is 0 Å². The number of halogens is 1. The molecule has 6 nitrogen and oxygen atoms in total. The largest absolute Gasteiger partial charge is 0.411 e. The lowest BCUT2D eigenvalue weighted by atomic mass is 9.54. The Morgan fingerprint density at radius 2 is 2.28 bits per heavy atom. The van der Waals surface area contributed by atoms with Crippen LogP contribution in [-0.4, -0.2) is 27.0 Å². The quantitative estimate of drug-likeness (QED) is 0.466. The number of hydrogen-bond donors (Lipinski definition) is 2. The highest BCUT2D eigenvalue weighted by molar-refractivity contribution is 7.13. The molecule has 2 N–H and O–H groups in total. The number of oxime groups is 1. The fourth-order valence-electron chi connectivity index (χ4n) is 7.01. The normalized spacial score (nSPS) is 32.2. The van der Waals surface area contributed by atoms with Crippen LogP contribution in [0.4, 0.5) is 9.52 Å². The van der Waals surface area contributed by atoms with Gasteiger partial charge in [0.1, 0.15) is 11.3 Å². The van der Waals surface area contributed by atoms with Crippen LogP contribution in [0.15, 0.2) is 28.9 Å². The summed E-state index contributed by atoms with van der Waals surface area (Å²) in [6, 6.07) is 5.53. The van der Waals surface area contributed by atoms with E-state index in [2.05, 4.69) is 33.7 Å². The Kier molecular flexibility index (Phi) is 5.73. The zero-order valence-electron chi connectivity index (χ0n) is 18.3. The van der Waals surface area contributed by atoms with Crippen LogP contribution in [0.1, 0.15) is 68.9 Å². The molecule has 3 aliphatic rings. The summed E-state index contributed by atoms with van der Waals surface area (Å²) in [5, 5.41) is 24.5. The molecule has 5 atom stereocenters. The summed E-state index contributed by atoms with van der Waals surface area (Å²) in [7, 11) is 0. The number of aromatic nitrogens is 2. The Bertz CT molecular complexity index is 1030. The monoisotopic (exact) mass is 456 g/mol. The molecule has 3 aliphatic carbocycles. The van der Waals surface area contributed by atoms with Gasteiger partial charge in [0.2, 0.25) is 11.0 Å². The molecule has 1 amide bonds. The third-order valence-corrected chi connectivity index (χ3v) is 8.91. The molecule has 1 heterocycles. The van der Waals surface area contributed by atoms with Crippen molar-refractivity contribution in [2.24, 2.45) is 28.3 Å². The molecular formula is C24H29FN4O2S. The lowest BCUT2D eigenvalue weighted by Gasteiger charge is -2.50. The molecule has 0 saturated heterocycles. The number of nitrogens with zero attached hydrogens (tertiary/aromatic N) is 3. The predicted octanol–water partition coefficient (Wildman–Crippen LogP) is 5.40. The number of anilines is 1. The second-order valence-electron chi connectivity index (χ2n) is 9.79. The fourth-order valence-corrected chi connectivity index (χ4v) is 7.47. The van der Waals surface area contributed by atoms with Gasteiger partial charge in [0.25, 0.3) is 0 Å². The average Bonchev–Trinajstić information content (AvgIpc) is 3.39. The van der Waals surface area contributed by atoms with E-state index in [0.29, 0.717) is 35.2 Å². The van der Waals surface area contributed by atoms with Crippen LogP contribution in [0.3, 0.4) is 0 Å². The molecule has 170 valence electrons. The van der Waals surface area contributed by atoms with Gasteiger partial charge >= 0.3 is 0 Å². The molecule has 0 bridgehead atoms. The van der Waals surface area contributed by atoms with Crippen LogP contribution in [-0.2, 0) is 11.2 Å². The maximum atomic E-state index is 14.4. The van der Waals surface area contributed by atoms with E-state index in [1.54, 1.807) is 11.6 Å². The van der Waals surface area contributed by atoms with E-state index < -0.39 is 0 Å². The molecule has 3 unspecified atom stereocenters. The number of amides is 1. The second-order valence-corrected chi connectivity index (χ2v) is 10.6. The van der Waals surface area contributed by atoms with Gasteiger partial charge in [0, 0.05) is 11.8 Å². The number of nitrogens with one attached hydrogen (secondary N) is 1. The summed E-state index contributed by atoms with van der Waals surface area (Å²) in [6.07, 6.45) is 6.64. The molecule has 2 aromatic rings. The Balaban J connectivity index is 1.32. The first-order valence-electron chi connectivity index (χ1n) is 11.6. The summed E-state index contributed by atoms with van der Waals surface area (Å²) in [5.74, 6) is 1.49. The van der Waals surface area contributed by atoms with E-state index in [9.17, 15) is 14.4 Å². The van der Waals surface area contributed by atoms with Gasteiger partial charge in [-0.25, -0.2) is 4.39 Å². The summed E-state index contributed by atoms with van der Waals surface area (Å²) < 4.78 is 14.4. The molecule has 8 heteroatoms. The Hall–Kier alpha value is -2.35. The fraction of sp³-hybridized carbons (Fsp3) is 0.583. The maximum absolute atomic E-state index is 14.4. The summed E-state index contributed by atoms with van der Waals surface area (Å²) in [5.41, 5.74) is 4.48. The SMILES string of the molecule is C[C@]12CCC3c4cccc(F)c4CCC3C1[C@H](CCCC(=O)Nc1nncs1)C/C2=N\O. The summed E-state index contributed by atoms with van der Waals surface area (Å²) in [6.45, 7) is 2.26. The van der Waals surface area contributed by atoms with Crippen molar-refractivity contribution in [3.05, 3.63) is 40.7 Å². The highest BCUT2D eigenvalue weighted by Gasteiger charge is 2.57. The molecule has 32 heavy (non-hydrogen) atoms. The summed E-state index contributed by atoms with van der Waals surface area (Å²) >= 11 is 1.31. The van der Waals surface area contributed by atoms with Crippen molar-refractivity contribution < 1.29 is 14.4 Å². The smallest absolute Gasteiger partial charge is 0.226 e. The van der Waals surface area contributed by atoms with Crippen LogP contribution in [0.5, 0.6) is 0 Å². The standard InChI is InChI=1S/C24H29FN4O2S/c1-24-11-10-16-15-5-3-6-19(25)17(15)8-9-18(16)22(24)14(12-20(24)29-31)4-2-7-21(30)27-23-28-26-13-32-23/h3,5-6,13-14,16,18,22,31H,2,4,7-12H2,1H3,(H,27,28,30)/b29-20+/t14-,16?,18?,22?,24-/m1/s1. The predicted molar refractivity (Wildman–Crippen MR) is 122 cm³/mol. The van der Waals surface area contributed by atoms with E-state index >= 15 is 0 Å². The van der Waals surface area contributed by atoms with Gasteiger partial charge in [-0.3, -0.25) is 4.79 Å². The van der Waals surface area contributed by atoms with Gasteiger partial charge in [-0.05, 0) is 85.8 Å². The molecule has 0 spiro atoms. The highest BCUT2D eigenvalue weighted by Crippen LogP contribution is 2.62. The first-order chi connectivity index (χ1) is 15.5. The lowest BCUT2D eigenvalue weighted by molar-refractivity contribution is -0.116. The molecule has 2 fully saturated rings. The molecular weight excluding hydrogens is 427 g/mol. The number of rotatable bonds is 5. The Morgan fingerprint density at radius 1 is 1.41 bits per heavy atom. The van der Waals surface area contributed by atoms with Crippen LogP contribution >= 0.6 is 11.3 Å². The first-order valence-corrected chi connectivity index (χ1v) is 12.4. The van der Waals surface area contributed by atoms with Crippen LogP contribution < -0.4 is 5.32 Å². The average molecular weight is 457 g/mol. The topological polar surface area (TPSA) is 87.5 Å². The van der Waals surface area contributed by atoms with Gasteiger partial charge < -0.3 is 10.5 Å². The van der Waals surface area contributed by atoms with Crippen LogP contribution in [0.2, 0.25) is 0 Å². The van der Waals surface area contributed by atoms with Gasteiger partial charge in [-0.2, -0.15) is 0 Å². The Morgan fingerprint density at radius 3 is 3.06 bits per heavy atom. The minimum atomic E-state index is -0.111. The third-order valence-electron chi connectivity index (χ3n) is 8.30. The lowest BCUT2D eigenvalue weighted by Crippen LogP contribution is -2.44. The third kappa shape index (κ3) is 3.62. The highest BCUT2D eigenvalue weighted by atomic mass is 32.1. The van der Waals surface area contributed by atoms with Gasteiger partial charge in [-0.15, -0.1) is 10.2 Å². The minimum Gasteiger partial charge on any atom is -0.411 e.